The monoisotopic (exact) mass is 240 g/mol. The van der Waals surface area contributed by atoms with Crippen LogP contribution in [0.1, 0.15) is 24.9 Å². The largest absolute Gasteiger partial charge is 0.358 e. The van der Waals surface area contributed by atoms with Crippen LogP contribution in [-0.4, -0.2) is 19.5 Å². The Morgan fingerprint density at radius 2 is 2.25 bits per heavy atom. The zero-order valence-electron chi connectivity index (χ0n) is 9.59. The molecule has 4 heteroatoms. The molecule has 1 amide bonds. The number of nitrogens with one attached hydrogen (secondary N) is 2. The molecule has 2 N–H and O–H groups in total. The maximum absolute atomic E-state index is 11.1. The molecule has 0 aliphatic carbocycles. The molecule has 0 heterocycles. The first-order valence-corrected chi connectivity index (χ1v) is 5.74. The molecule has 1 rings (SSSR count). The van der Waals surface area contributed by atoms with Crippen molar-refractivity contribution in [3.05, 3.63) is 34.9 Å². The van der Waals surface area contributed by atoms with E-state index in [9.17, 15) is 4.79 Å². The lowest BCUT2D eigenvalue weighted by Gasteiger charge is -2.17. The zero-order chi connectivity index (χ0) is 12.0. The summed E-state index contributed by atoms with van der Waals surface area (Å²) in [5.41, 5.74) is 1.11. The first-order valence-electron chi connectivity index (χ1n) is 5.36. The van der Waals surface area contributed by atoms with Crippen LogP contribution < -0.4 is 10.6 Å². The quantitative estimate of drug-likeness (QED) is 0.828. The lowest BCUT2D eigenvalue weighted by molar-refractivity contribution is -0.119. The Kier molecular flexibility index (Phi) is 5.29. The second-order valence-corrected chi connectivity index (χ2v) is 4.01. The third kappa shape index (κ3) is 3.83. The summed E-state index contributed by atoms with van der Waals surface area (Å²) in [5, 5.41) is 6.49. The van der Waals surface area contributed by atoms with Crippen LogP contribution in [0.3, 0.4) is 0 Å². The fraction of sp³-hybridized carbons (Fsp3) is 0.417. The molecule has 3 nitrogen and oxygen atoms in total. The molecule has 0 fully saturated rings. The van der Waals surface area contributed by atoms with Crippen molar-refractivity contribution in [1.82, 2.24) is 10.6 Å². The summed E-state index contributed by atoms with van der Waals surface area (Å²) >= 11 is 5.93. The van der Waals surface area contributed by atoms with Gasteiger partial charge in [0.2, 0.25) is 5.91 Å². The van der Waals surface area contributed by atoms with Gasteiger partial charge in [0.25, 0.3) is 0 Å². The van der Waals surface area contributed by atoms with Gasteiger partial charge in [0.05, 0.1) is 6.54 Å². The number of amides is 1. The highest BCUT2D eigenvalue weighted by Gasteiger charge is 2.10. The Labute approximate surface area is 101 Å². The van der Waals surface area contributed by atoms with Crippen LogP contribution in [-0.2, 0) is 4.79 Å². The molecule has 0 aromatic heterocycles. The van der Waals surface area contributed by atoms with Crippen LogP contribution >= 0.6 is 11.6 Å². The number of carbonyl (C=O) groups is 1. The van der Waals surface area contributed by atoms with Gasteiger partial charge in [-0.15, -0.1) is 0 Å². The molecule has 0 spiro atoms. The third-order valence-corrected chi connectivity index (χ3v) is 2.68. The summed E-state index contributed by atoms with van der Waals surface area (Å²) in [6.45, 7) is 2.39. The number of halogens is 1. The van der Waals surface area contributed by atoms with Crippen LogP contribution in [0.15, 0.2) is 24.3 Å². The lowest BCUT2D eigenvalue weighted by Crippen LogP contribution is -2.33. The summed E-state index contributed by atoms with van der Waals surface area (Å²) < 4.78 is 0. The lowest BCUT2D eigenvalue weighted by atomic mass is 10.0. The van der Waals surface area contributed by atoms with Crippen molar-refractivity contribution in [1.29, 1.82) is 0 Å². The highest BCUT2D eigenvalue weighted by Crippen LogP contribution is 2.19. The van der Waals surface area contributed by atoms with Crippen molar-refractivity contribution >= 4 is 17.5 Å². The Bertz CT molecular complexity index is 355. The average Bonchev–Trinajstić information content (AvgIpc) is 2.29. The van der Waals surface area contributed by atoms with Crippen molar-refractivity contribution in [2.24, 2.45) is 0 Å². The summed E-state index contributed by atoms with van der Waals surface area (Å²) in [4.78, 5) is 11.1. The van der Waals surface area contributed by atoms with Gasteiger partial charge in [-0.3, -0.25) is 4.79 Å². The average molecular weight is 241 g/mol. The highest BCUT2D eigenvalue weighted by atomic mass is 35.5. The van der Waals surface area contributed by atoms with E-state index in [0.717, 1.165) is 17.0 Å². The van der Waals surface area contributed by atoms with Crippen LogP contribution in [0.2, 0.25) is 5.02 Å². The summed E-state index contributed by atoms with van der Waals surface area (Å²) in [5.74, 6) is -0.0134. The maximum Gasteiger partial charge on any atom is 0.233 e. The summed E-state index contributed by atoms with van der Waals surface area (Å²) in [6, 6.07) is 7.86. The fourth-order valence-corrected chi connectivity index (χ4v) is 1.72. The number of carbonyl (C=O) groups excluding carboxylic acids is 1. The van der Waals surface area contributed by atoms with E-state index in [1.165, 1.54) is 0 Å². The van der Waals surface area contributed by atoms with Crippen molar-refractivity contribution in [2.75, 3.05) is 13.6 Å². The van der Waals surface area contributed by atoms with Gasteiger partial charge in [-0.2, -0.15) is 0 Å². The molecule has 0 radical (unpaired) electrons. The van der Waals surface area contributed by atoms with E-state index in [-0.39, 0.29) is 11.9 Å². The molecular weight excluding hydrogens is 224 g/mol. The van der Waals surface area contributed by atoms with E-state index < -0.39 is 0 Å². The first kappa shape index (κ1) is 13.0. The predicted octanol–water partition coefficient (Wildman–Crippen LogP) is 2.13. The van der Waals surface area contributed by atoms with E-state index in [4.69, 9.17) is 11.6 Å². The minimum absolute atomic E-state index is 0.0134. The maximum atomic E-state index is 11.1. The molecular formula is C12H17ClN2O. The minimum atomic E-state index is -0.0134. The van der Waals surface area contributed by atoms with Gasteiger partial charge in [-0.05, 0) is 24.1 Å². The molecule has 0 aliphatic rings. The van der Waals surface area contributed by atoms with Gasteiger partial charge in [0, 0.05) is 18.1 Å². The number of hydrogen-bond donors (Lipinski definition) is 2. The second-order valence-electron chi connectivity index (χ2n) is 3.57. The molecule has 0 saturated heterocycles. The Hall–Kier alpha value is -1.06. The Balaban J connectivity index is 2.64. The molecule has 1 aromatic rings. The van der Waals surface area contributed by atoms with Gasteiger partial charge in [0.1, 0.15) is 0 Å². The fourth-order valence-electron chi connectivity index (χ4n) is 1.53. The smallest absolute Gasteiger partial charge is 0.233 e. The van der Waals surface area contributed by atoms with Crippen molar-refractivity contribution in [2.45, 2.75) is 19.4 Å². The standard InChI is InChI=1S/C12H17ClN2O/c1-3-11(15-8-12(16)14-2)9-5-4-6-10(13)7-9/h4-7,11,15H,3,8H2,1-2H3,(H,14,16). The van der Waals surface area contributed by atoms with E-state index in [2.05, 4.69) is 17.6 Å². The Morgan fingerprint density at radius 1 is 1.50 bits per heavy atom. The second kappa shape index (κ2) is 6.51. The summed E-state index contributed by atoms with van der Waals surface area (Å²) in [7, 11) is 1.63. The normalized spacial score (nSPS) is 12.2. The predicted molar refractivity (Wildman–Crippen MR) is 66.6 cm³/mol. The minimum Gasteiger partial charge on any atom is -0.358 e. The van der Waals surface area contributed by atoms with Crippen LogP contribution in [0.4, 0.5) is 0 Å². The van der Waals surface area contributed by atoms with Crippen LogP contribution in [0.25, 0.3) is 0 Å². The molecule has 88 valence electrons. The molecule has 0 bridgehead atoms. The number of likely N-dealkylation sites (N-methyl/N-ethyl adjacent to an activating group) is 1. The van der Waals surface area contributed by atoms with E-state index in [0.29, 0.717) is 6.54 Å². The highest BCUT2D eigenvalue weighted by molar-refractivity contribution is 6.30. The molecule has 0 saturated carbocycles. The van der Waals surface area contributed by atoms with Gasteiger partial charge in [-0.25, -0.2) is 0 Å². The molecule has 16 heavy (non-hydrogen) atoms. The van der Waals surface area contributed by atoms with Gasteiger partial charge in [0.15, 0.2) is 0 Å². The topological polar surface area (TPSA) is 41.1 Å². The van der Waals surface area contributed by atoms with Gasteiger partial charge < -0.3 is 10.6 Å². The van der Waals surface area contributed by atoms with Crippen molar-refractivity contribution in [3.63, 3.8) is 0 Å². The SMILES string of the molecule is CCC(NCC(=O)NC)c1cccc(Cl)c1. The first-order chi connectivity index (χ1) is 7.67. The zero-order valence-corrected chi connectivity index (χ0v) is 10.3. The van der Waals surface area contributed by atoms with E-state index in [1.807, 2.05) is 24.3 Å². The molecule has 0 aliphatic heterocycles. The molecule has 1 atom stereocenters. The number of rotatable bonds is 5. The van der Waals surface area contributed by atoms with Crippen LogP contribution in [0, 0.1) is 0 Å². The third-order valence-electron chi connectivity index (χ3n) is 2.45. The Morgan fingerprint density at radius 3 is 2.81 bits per heavy atom. The van der Waals surface area contributed by atoms with E-state index in [1.54, 1.807) is 7.05 Å². The summed E-state index contributed by atoms with van der Waals surface area (Å²) in [6.07, 6.45) is 0.914. The number of hydrogen-bond acceptors (Lipinski definition) is 2. The molecule has 1 aromatic carbocycles. The molecule has 1 unspecified atom stereocenters. The van der Waals surface area contributed by atoms with Gasteiger partial charge in [-0.1, -0.05) is 30.7 Å². The van der Waals surface area contributed by atoms with Crippen LogP contribution in [0.5, 0.6) is 0 Å². The van der Waals surface area contributed by atoms with Crippen molar-refractivity contribution in [3.8, 4) is 0 Å². The number of benzene rings is 1. The van der Waals surface area contributed by atoms with Gasteiger partial charge >= 0.3 is 0 Å². The van der Waals surface area contributed by atoms with Crippen molar-refractivity contribution < 1.29 is 4.79 Å². The van der Waals surface area contributed by atoms with E-state index >= 15 is 0 Å².